The molecule has 21 heavy (non-hydrogen) atoms. The van der Waals surface area contributed by atoms with Gasteiger partial charge in [0, 0.05) is 44.2 Å². The van der Waals surface area contributed by atoms with E-state index in [0.29, 0.717) is 13.1 Å². The van der Waals surface area contributed by atoms with E-state index in [9.17, 15) is 14.4 Å². The average molecular weight is 290 g/mol. The van der Waals surface area contributed by atoms with E-state index in [1.807, 2.05) is 0 Å². The molecule has 2 aromatic rings. The number of hydrogen-bond acceptors (Lipinski definition) is 4. The number of carbonyl (C=O) groups excluding carboxylic acids is 1. The highest BCUT2D eigenvalue weighted by Crippen LogP contribution is 1.97. The SMILES string of the molecule is Cn1ccc(C(=O)NCCn2cnc(C(=O)O)c2)cc1=O. The maximum absolute atomic E-state index is 11.8. The smallest absolute Gasteiger partial charge is 0.356 e. The first-order chi connectivity index (χ1) is 9.97. The van der Waals surface area contributed by atoms with Crippen LogP contribution in [0.2, 0.25) is 0 Å². The van der Waals surface area contributed by atoms with Crippen LogP contribution in [0.15, 0.2) is 35.6 Å². The summed E-state index contributed by atoms with van der Waals surface area (Å²) < 4.78 is 2.93. The Kier molecular flexibility index (Phi) is 4.17. The molecule has 2 heterocycles. The van der Waals surface area contributed by atoms with E-state index in [1.54, 1.807) is 17.7 Å². The van der Waals surface area contributed by atoms with E-state index < -0.39 is 5.97 Å². The first kappa shape index (κ1) is 14.5. The summed E-state index contributed by atoms with van der Waals surface area (Å²) in [5, 5.41) is 11.4. The van der Waals surface area contributed by atoms with Crippen LogP contribution in [0.3, 0.4) is 0 Å². The lowest BCUT2D eigenvalue weighted by atomic mass is 10.2. The average Bonchev–Trinajstić information content (AvgIpc) is 2.91. The van der Waals surface area contributed by atoms with Crippen LogP contribution >= 0.6 is 0 Å². The molecule has 2 rings (SSSR count). The normalized spacial score (nSPS) is 10.3. The Morgan fingerprint density at radius 3 is 2.81 bits per heavy atom. The van der Waals surface area contributed by atoms with Crippen molar-refractivity contribution in [3.05, 3.63) is 52.5 Å². The minimum Gasteiger partial charge on any atom is -0.476 e. The Labute approximate surface area is 119 Å². The van der Waals surface area contributed by atoms with E-state index in [1.165, 1.54) is 29.4 Å². The summed E-state index contributed by atoms with van der Waals surface area (Å²) >= 11 is 0. The molecule has 0 unspecified atom stereocenters. The molecule has 2 aromatic heterocycles. The summed E-state index contributed by atoms with van der Waals surface area (Å²) in [6.07, 6.45) is 4.28. The number of aryl methyl sites for hydroxylation is 1. The van der Waals surface area contributed by atoms with Crippen molar-refractivity contribution in [2.24, 2.45) is 7.05 Å². The van der Waals surface area contributed by atoms with E-state index in [2.05, 4.69) is 10.3 Å². The number of rotatable bonds is 5. The first-order valence-electron chi connectivity index (χ1n) is 6.17. The van der Waals surface area contributed by atoms with Crippen molar-refractivity contribution in [3.63, 3.8) is 0 Å². The van der Waals surface area contributed by atoms with Crippen LogP contribution in [0.25, 0.3) is 0 Å². The fourth-order valence-corrected chi connectivity index (χ4v) is 1.68. The zero-order valence-electron chi connectivity index (χ0n) is 11.3. The number of carbonyl (C=O) groups is 2. The Hall–Kier alpha value is -2.90. The lowest BCUT2D eigenvalue weighted by molar-refractivity contribution is 0.0690. The van der Waals surface area contributed by atoms with Gasteiger partial charge in [-0.2, -0.15) is 0 Å². The van der Waals surface area contributed by atoms with Crippen molar-refractivity contribution in [1.29, 1.82) is 0 Å². The van der Waals surface area contributed by atoms with Gasteiger partial charge in [-0.25, -0.2) is 9.78 Å². The van der Waals surface area contributed by atoms with Crippen LogP contribution in [0, 0.1) is 0 Å². The summed E-state index contributed by atoms with van der Waals surface area (Å²) in [5.74, 6) is -1.45. The number of aromatic nitrogens is 3. The number of amides is 1. The van der Waals surface area contributed by atoms with Gasteiger partial charge in [-0.1, -0.05) is 0 Å². The molecule has 0 aliphatic heterocycles. The van der Waals surface area contributed by atoms with Crippen LogP contribution in [0.5, 0.6) is 0 Å². The number of hydrogen-bond donors (Lipinski definition) is 2. The van der Waals surface area contributed by atoms with Gasteiger partial charge in [-0.3, -0.25) is 9.59 Å². The molecule has 2 N–H and O–H groups in total. The highest BCUT2D eigenvalue weighted by atomic mass is 16.4. The van der Waals surface area contributed by atoms with Crippen molar-refractivity contribution in [3.8, 4) is 0 Å². The molecule has 8 nitrogen and oxygen atoms in total. The molecule has 0 saturated heterocycles. The fraction of sp³-hybridized carbons (Fsp3) is 0.231. The van der Waals surface area contributed by atoms with E-state index in [-0.39, 0.29) is 22.7 Å². The Bertz CT molecular complexity index is 732. The highest BCUT2D eigenvalue weighted by Gasteiger charge is 2.08. The number of carboxylic acids is 1. The van der Waals surface area contributed by atoms with Crippen molar-refractivity contribution < 1.29 is 14.7 Å². The number of carboxylic acid groups (broad SMARTS) is 1. The predicted molar refractivity (Wildman–Crippen MR) is 73.2 cm³/mol. The van der Waals surface area contributed by atoms with Crippen LogP contribution in [0.1, 0.15) is 20.8 Å². The molecule has 8 heteroatoms. The van der Waals surface area contributed by atoms with E-state index in [4.69, 9.17) is 5.11 Å². The van der Waals surface area contributed by atoms with Crippen LogP contribution < -0.4 is 10.9 Å². The number of imidazole rings is 1. The van der Waals surface area contributed by atoms with E-state index in [0.717, 1.165) is 0 Å². The number of pyridine rings is 1. The van der Waals surface area contributed by atoms with Gasteiger partial charge in [-0.15, -0.1) is 0 Å². The maximum Gasteiger partial charge on any atom is 0.356 e. The monoisotopic (exact) mass is 290 g/mol. The minimum absolute atomic E-state index is 0.0483. The topological polar surface area (TPSA) is 106 Å². The highest BCUT2D eigenvalue weighted by molar-refractivity contribution is 5.93. The van der Waals surface area contributed by atoms with Crippen molar-refractivity contribution in [1.82, 2.24) is 19.4 Å². The van der Waals surface area contributed by atoms with Crippen molar-refractivity contribution in [2.45, 2.75) is 6.54 Å². The zero-order valence-corrected chi connectivity index (χ0v) is 11.3. The molecule has 0 bridgehead atoms. The standard InChI is InChI=1S/C13H14N4O4/c1-16-4-2-9(6-11(16)18)12(19)14-3-5-17-7-10(13(20)21)15-8-17/h2,4,6-8H,3,5H2,1H3,(H,14,19)(H,20,21). The molecule has 0 atom stereocenters. The third kappa shape index (κ3) is 3.56. The first-order valence-corrected chi connectivity index (χ1v) is 6.17. The third-order valence-corrected chi connectivity index (χ3v) is 2.87. The van der Waals surface area contributed by atoms with Gasteiger partial charge in [0.2, 0.25) is 0 Å². The van der Waals surface area contributed by atoms with E-state index >= 15 is 0 Å². The zero-order chi connectivity index (χ0) is 15.4. The predicted octanol–water partition coefficient (Wildman–Crippen LogP) is -0.290. The Morgan fingerprint density at radius 1 is 1.43 bits per heavy atom. The van der Waals surface area contributed by atoms with Crippen molar-refractivity contribution in [2.75, 3.05) is 6.54 Å². The Morgan fingerprint density at radius 2 is 2.19 bits per heavy atom. The largest absolute Gasteiger partial charge is 0.476 e. The molecule has 110 valence electrons. The fourth-order valence-electron chi connectivity index (χ4n) is 1.68. The van der Waals surface area contributed by atoms with Gasteiger partial charge in [0.1, 0.15) is 0 Å². The quantitative estimate of drug-likeness (QED) is 0.787. The Balaban J connectivity index is 1.90. The second-order valence-electron chi connectivity index (χ2n) is 4.42. The summed E-state index contributed by atoms with van der Waals surface area (Å²) in [6.45, 7) is 0.681. The van der Waals surface area contributed by atoms with Gasteiger partial charge < -0.3 is 19.6 Å². The third-order valence-electron chi connectivity index (χ3n) is 2.87. The van der Waals surface area contributed by atoms with Gasteiger partial charge in [0.15, 0.2) is 5.69 Å². The lowest BCUT2D eigenvalue weighted by Gasteiger charge is -2.06. The van der Waals surface area contributed by atoms with Gasteiger partial charge in [0.25, 0.3) is 11.5 Å². The molecule has 0 fully saturated rings. The molecule has 1 amide bonds. The maximum atomic E-state index is 11.8. The molecule has 0 radical (unpaired) electrons. The molecule has 0 saturated carbocycles. The molecule has 0 spiro atoms. The van der Waals surface area contributed by atoms with Crippen LogP contribution in [-0.2, 0) is 13.6 Å². The summed E-state index contributed by atoms with van der Waals surface area (Å²) in [4.78, 5) is 37.6. The van der Waals surface area contributed by atoms with Crippen LogP contribution in [-0.4, -0.2) is 37.6 Å². The summed E-state index contributed by atoms with van der Waals surface area (Å²) in [7, 11) is 1.60. The molecular weight excluding hydrogens is 276 g/mol. The second kappa shape index (κ2) is 6.04. The van der Waals surface area contributed by atoms with Crippen LogP contribution in [0.4, 0.5) is 0 Å². The van der Waals surface area contributed by atoms with Gasteiger partial charge >= 0.3 is 5.97 Å². The molecular formula is C13H14N4O4. The number of aromatic carboxylic acids is 1. The summed E-state index contributed by atoms with van der Waals surface area (Å²) in [5.41, 5.74) is -0.0220. The van der Waals surface area contributed by atoms with Crippen molar-refractivity contribution >= 4 is 11.9 Å². The molecule has 0 aromatic carbocycles. The lowest BCUT2D eigenvalue weighted by Crippen LogP contribution is -2.28. The minimum atomic E-state index is -1.10. The second-order valence-corrected chi connectivity index (χ2v) is 4.42. The number of nitrogens with zero attached hydrogens (tertiary/aromatic N) is 3. The molecule has 0 aliphatic rings. The number of nitrogens with one attached hydrogen (secondary N) is 1. The van der Waals surface area contributed by atoms with Gasteiger partial charge in [0.05, 0.1) is 6.33 Å². The summed E-state index contributed by atoms with van der Waals surface area (Å²) in [6, 6.07) is 2.81. The molecule has 0 aliphatic carbocycles. The van der Waals surface area contributed by atoms with Gasteiger partial charge in [-0.05, 0) is 6.07 Å².